The van der Waals surface area contributed by atoms with E-state index in [1.165, 1.54) is 0 Å². The van der Waals surface area contributed by atoms with Crippen LogP contribution >= 0.6 is 0 Å². The molecule has 1 aromatic heterocycles. The summed E-state index contributed by atoms with van der Waals surface area (Å²) in [6.07, 6.45) is 5.37. The van der Waals surface area contributed by atoms with E-state index in [2.05, 4.69) is 5.16 Å². The Morgan fingerprint density at radius 1 is 1.71 bits per heavy atom. The van der Waals surface area contributed by atoms with E-state index in [1.54, 1.807) is 12.5 Å². The third-order valence-corrected chi connectivity index (χ3v) is 2.27. The van der Waals surface area contributed by atoms with Gasteiger partial charge < -0.3 is 9.63 Å². The van der Waals surface area contributed by atoms with Gasteiger partial charge in [-0.2, -0.15) is 0 Å². The standard InChI is InChI=1S/C9H12N2O3/c12-9(13)5-11(8-1-2-8)4-7-3-10-14-6-7/h3,6,8H,1-2,4-5H2,(H,12,13). The molecule has 1 aliphatic rings. The summed E-state index contributed by atoms with van der Waals surface area (Å²) in [5.41, 5.74) is 0.929. The summed E-state index contributed by atoms with van der Waals surface area (Å²) in [6.45, 7) is 0.705. The SMILES string of the molecule is O=C(O)CN(Cc1cnoc1)C1CC1. The Balaban J connectivity index is 1.93. The maximum absolute atomic E-state index is 10.6. The van der Waals surface area contributed by atoms with Gasteiger partial charge in [0.1, 0.15) is 6.26 Å². The summed E-state index contributed by atoms with van der Waals surface area (Å²) in [7, 11) is 0. The van der Waals surface area contributed by atoms with Gasteiger partial charge >= 0.3 is 5.97 Å². The molecule has 2 rings (SSSR count). The molecule has 5 heteroatoms. The molecule has 0 bridgehead atoms. The zero-order valence-corrected chi connectivity index (χ0v) is 7.72. The highest BCUT2D eigenvalue weighted by Crippen LogP contribution is 2.27. The van der Waals surface area contributed by atoms with Gasteiger partial charge in [-0.15, -0.1) is 0 Å². The minimum atomic E-state index is -0.784. The number of aliphatic carboxylic acids is 1. The molecule has 0 spiro atoms. The highest BCUT2D eigenvalue weighted by atomic mass is 16.5. The Kier molecular flexibility index (Phi) is 2.49. The van der Waals surface area contributed by atoms with Gasteiger partial charge in [-0.1, -0.05) is 5.16 Å². The first kappa shape index (κ1) is 9.21. The maximum Gasteiger partial charge on any atom is 0.317 e. The van der Waals surface area contributed by atoms with Crippen molar-refractivity contribution in [1.29, 1.82) is 0 Å². The van der Waals surface area contributed by atoms with Crippen LogP contribution in [0.25, 0.3) is 0 Å². The molecular formula is C9H12N2O3. The molecule has 76 valence electrons. The fourth-order valence-electron chi connectivity index (χ4n) is 1.47. The number of nitrogens with zero attached hydrogens (tertiary/aromatic N) is 2. The molecule has 1 fully saturated rings. The van der Waals surface area contributed by atoms with Gasteiger partial charge in [0.25, 0.3) is 0 Å². The second-order valence-corrected chi connectivity index (χ2v) is 3.56. The lowest BCUT2D eigenvalue weighted by atomic mass is 10.3. The van der Waals surface area contributed by atoms with Crippen molar-refractivity contribution in [2.45, 2.75) is 25.4 Å². The summed E-state index contributed by atoms with van der Waals surface area (Å²) >= 11 is 0. The Bertz CT molecular complexity index is 306. The number of hydrogen-bond acceptors (Lipinski definition) is 4. The lowest BCUT2D eigenvalue weighted by Crippen LogP contribution is -2.31. The summed E-state index contributed by atoms with van der Waals surface area (Å²) in [5.74, 6) is -0.784. The average Bonchev–Trinajstić information content (AvgIpc) is 2.85. The first-order valence-electron chi connectivity index (χ1n) is 4.60. The van der Waals surface area contributed by atoms with Crippen molar-refractivity contribution in [2.24, 2.45) is 0 Å². The Hall–Kier alpha value is -1.36. The van der Waals surface area contributed by atoms with E-state index >= 15 is 0 Å². The Labute approximate surface area is 81.3 Å². The minimum absolute atomic E-state index is 0.0931. The molecule has 0 amide bonds. The zero-order valence-electron chi connectivity index (χ0n) is 7.72. The van der Waals surface area contributed by atoms with Crippen molar-refractivity contribution in [1.82, 2.24) is 10.1 Å². The third-order valence-electron chi connectivity index (χ3n) is 2.27. The summed E-state index contributed by atoms with van der Waals surface area (Å²) in [4.78, 5) is 12.5. The van der Waals surface area contributed by atoms with Crippen molar-refractivity contribution in [3.8, 4) is 0 Å². The fraction of sp³-hybridized carbons (Fsp3) is 0.556. The topological polar surface area (TPSA) is 66.6 Å². The van der Waals surface area contributed by atoms with E-state index in [1.807, 2.05) is 4.90 Å². The molecule has 1 heterocycles. The van der Waals surface area contributed by atoms with Crippen molar-refractivity contribution in [2.75, 3.05) is 6.54 Å². The number of rotatable bonds is 5. The second-order valence-electron chi connectivity index (χ2n) is 3.56. The van der Waals surface area contributed by atoms with E-state index in [-0.39, 0.29) is 6.54 Å². The highest BCUT2D eigenvalue weighted by molar-refractivity contribution is 5.69. The predicted molar refractivity (Wildman–Crippen MR) is 47.6 cm³/mol. The lowest BCUT2D eigenvalue weighted by molar-refractivity contribution is -0.138. The molecule has 1 aromatic rings. The van der Waals surface area contributed by atoms with Gasteiger partial charge in [-0.3, -0.25) is 9.69 Å². The van der Waals surface area contributed by atoms with E-state index in [0.29, 0.717) is 12.6 Å². The number of carboxylic acid groups (broad SMARTS) is 1. The van der Waals surface area contributed by atoms with Crippen LogP contribution in [-0.4, -0.2) is 33.7 Å². The van der Waals surface area contributed by atoms with E-state index in [4.69, 9.17) is 9.63 Å². The van der Waals surface area contributed by atoms with Gasteiger partial charge in [-0.25, -0.2) is 0 Å². The highest BCUT2D eigenvalue weighted by Gasteiger charge is 2.30. The van der Waals surface area contributed by atoms with Crippen LogP contribution in [0.5, 0.6) is 0 Å². The second kappa shape index (κ2) is 3.79. The van der Waals surface area contributed by atoms with Gasteiger partial charge in [0.15, 0.2) is 0 Å². The normalized spacial score (nSPS) is 16.1. The molecule has 0 saturated heterocycles. The van der Waals surface area contributed by atoms with Crippen LogP contribution in [0, 0.1) is 0 Å². The van der Waals surface area contributed by atoms with Crippen LogP contribution in [0.1, 0.15) is 18.4 Å². The fourth-order valence-corrected chi connectivity index (χ4v) is 1.47. The Morgan fingerprint density at radius 3 is 3.00 bits per heavy atom. The summed E-state index contributed by atoms with van der Waals surface area (Å²) in [5, 5.41) is 12.3. The third kappa shape index (κ3) is 2.32. The molecule has 14 heavy (non-hydrogen) atoms. The predicted octanol–water partition coefficient (Wildman–Crippen LogP) is 0.724. The van der Waals surface area contributed by atoms with Crippen molar-refractivity contribution in [3.63, 3.8) is 0 Å². The minimum Gasteiger partial charge on any atom is -0.480 e. The quantitative estimate of drug-likeness (QED) is 0.751. The maximum atomic E-state index is 10.6. The lowest BCUT2D eigenvalue weighted by Gasteiger charge is -2.17. The van der Waals surface area contributed by atoms with Crippen LogP contribution in [0.15, 0.2) is 17.0 Å². The monoisotopic (exact) mass is 196 g/mol. The van der Waals surface area contributed by atoms with Crippen molar-refractivity contribution in [3.05, 3.63) is 18.0 Å². The van der Waals surface area contributed by atoms with E-state index in [9.17, 15) is 4.79 Å². The molecular weight excluding hydrogens is 184 g/mol. The molecule has 0 aliphatic heterocycles. The molecule has 5 nitrogen and oxygen atoms in total. The average molecular weight is 196 g/mol. The number of carbonyl (C=O) groups is 1. The number of carboxylic acids is 1. The number of aromatic nitrogens is 1. The molecule has 1 saturated carbocycles. The van der Waals surface area contributed by atoms with Gasteiger partial charge in [0.05, 0.1) is 12.7 Å². The first-order chi connectivity index (χ1) is 6.75. The largest absolute Gasteiger partial charge is 0.480 e. The van der Waals surface area contributed by atoms with Crippen LogP contribution in [0.2, 0.25) is 0 Å². The van der Waals surface area contributed by atoms with Gasteiger partial charge in [0, 0.05) is 18.2 Å². The summed E-state index contributed by atoms with van der Waals surface area (Å²) < 4.78 is 4.70. The molecule has 0 unspecified atom stereocenters. The van der Waals surface area contributed by atoms with Gasteiger partial charge in [-0.05, 0) is 12.8 Å². The molecule has 0 atom stereocenters. The molecule has 1 aliphatic carbocycles. The van der Waals surface area contributed by atoms with Crippen LogP contribution in [0.3, 0.4) is 0 Å². The molecule has 0 radical (unpaired) electrons. The van der Waals surface area contributed by atoms with Crippen LogP contribution < -0.4 is 0 Å². The molecule has 0 aromatic carbocycles. The van der Waals surface area contributed by atoms with Crippen LogP contribution in [0.4, 0.5) is 0 Å². The zero-order chi connectivity index (χ0) is 9.97. The summed E-state index contributed by atoms with van der Waals surface area (Å²) in [6, 6.07) is 0.431. The van der Waals surface area contributed by atoms with Gasteiger partial charge in [0.2, 0.25) is 0 Å². The van der Waals surface area contributed by atoms with E-state index in [0.717, 1.165) is 18.4 Å². The van der Waals surface area contributed by atoms with Crippen molar-refractivity contribution >= 4 is 5.97 Å². The van der Waals surface area contributed by atoms with Crippen molar-refractivity contribution < 1.29 is 14.4 Å². The first-order valence-corrected chi connectivity index (χ1v) is 4.60. The van der Waals surface area contributed by atoms with Crippen LogP contribution in [-0.2, 0) is 11.3 Å². The smallest absolute Gasteiger partial charge is 0.317 e. The van der Waals surface area contributed by atoms with E-state index < -0.39 is 5.97 Å². The molecule has 1 N–H and O–H groups in total. The number of hydrogen-bond donors (Lipinski definition) is 1. The Morgan fingerprint density at radius 2 is 2.50 bits per heavy atom.